The molecule has 0 fully saturated rings. The fourth-order valence-corrected chi connectivity index (χ4v) is 5.46. The SMILES string of the molecule is C=Cc1cc(-c2cc(C(N=C)=NCc3ccccc3)cc(-c3cccc4ncccc34)c2)c2ccccc2c1C=C. The molecule has 0 amide bonds. The van der Waals surface area contributed by atoms with Crippen LogP contribution < -0.4 is 0 Å². The molecule has 0 atom stereocenters. The van der Waals surface area contributed by atoms with Crippen molar-refractivity contribution in [2.75, 3.05) is 0 Å². The van der Waals surface area contributed by atoms with E-state index in [0.29, 0.717) is 12.4 Å². The highest BCUT2D eigenvalue weighted by molar-refractivity contribution is 6.08. The zero-order valence-corrected chi connectivity index (χ0v) is 22.8. The van der Waals surface area contributed by atoms with E-state index in [-0.39, 0.29) is 0 Å². The van der Waals surface area contributed by atoms with Crippen molar-refractivity contribution in [3.63, 3.8) is 0 Å². The van der Waals surface area contributed by atoms with Gasteiger partial charge in [0.15, 0.2) is 5.84 Å². The maximum atomic E-state index is 4.88. The Morgan fingerprint density at radius 2 is 1.41 bits per heavy atom. The molecule has 41 heavy (non-hydrogen) atoms. The molecule has 6 rings (SSSR count). The maximum Gasteiger partial charge on any atom is 0.154 e. The summed E-state index contributed by atoms with van der Waals surface area (Å²) in [5.74, 6) is 0.603. The molecule has 0 aliphatic carbocycles. The largest absolute Gasteiger partial charge is 0.261 e. The van der Waals surface area contributed by atoms with Gasteiger partial charge in [-0.15, -0.1) is 0 Å². The molecule has 196 valence electrons. The van der Waals surface area contributed by atoms with Crippen LogP contribution in [0.1, 0.15) is 22.3 Å². The summed E-state index contributed by atoms with van der Waals surface area (Å²) in [4.78, 5) is 13.9. The first-order valence-corrected chi connectivity index (χ1v) is 13.6. The molecular weight excluding hydrogens is 498 g/mol. The fraction of sp³-hybridized carbons (Fsp3) is 0.0263. The van der Waals surface area contributed by atoms with Crippen molar-refractivity contribution in [3.8, 4) is 22.3 Å². The second-order valence-corrected chi connectivity index (χ2v) is 9.84. The second-order valence-electron chi connectivity index (χ2n) is 9.84. The van der Waals surface area contributed by atoms with E-state index in [9.17, 15) is 0 Å². The van der Waals surface area contributed by atoms with E-state index >= 15 is 0 Å². The highest BCUT2D eigenvalue weighted by Gasteiger charge is 2.15. The number of fused-ring (bicyclic) bond motifs is 2. The highest BCUT2D eigenvalue weighted by Crippen LogP contribution is 2.38. The Morgan fingerprint density at radius 3 is 2.17 bits per heavy atom. The molecule has 3 heteroatoms. The number of aromatic nitrogens is 1. The summed E-state index contributed by atoms with van der Waals surface area (Å²) in [6.07, 6.45) is 5.63. The average molecular weight is 528 g/mol. The van der Waals surface area contributed by atoms with Crippen LogP contribution >= 0.6 is 0 Å². The maximum absolute atomic E-state index is 4.88. The fourth-order valence-electron chi connectivity index (χ4n) is 5.46. The molecule has 3 nitrogen and oxygen atoms in total. The number of pyridine rings is 1. The van der Waals surface area contributed by atoms with Crippen LogP contribution in [-0.2, 0) is 6.54 Å². The number of nitrogens with zero attached hydrogens (tertiary/aromatic N) is 3. The molecule has 5 aromatic carbocycles. The molecular formula is C38H29N3. The lowest BCUT2D eigenvalue weighted by Crippen LogP contribution is -2.00. The third kappa shape index (κ3) is 5.02. The number of amidine groups is 1. The summed E-state index contributed by atoms with van der Waals surface area (Å²) in [7, 11) is 0. The number of hydrogen-bond acceptors (Lipinski definition) is 2. The van der Waals surface area contributed by atoms with Crippen LogP contribution in [0.3, 0.4) is 0 Å². The summed E-state index contributed by atoms with van der Waals surface area (Å²) < 4.78 is 0. The van der Waals surface area contributed by atoms with Crippen LogP contribution in [0.4, 0.5) is 0 Å². The van der Waals surface area contributed by atoms with Gasteiger partial charge in [-0.25, -0.2) is 4.99 Å². The van der Waals surface area contributed by atoms with Gasteiger partial charge < -0.3 is 0 Å². The molecule has 0 bridgehead atoms. The smallest absolute Gasteiger partial charge is 0.154 e. The minimum atomic E-state index is 0.518. The molecule has 0 N–H and O–H groups in total. The van der Waals surface area contributed by atoms with E-state index in [1.54, 1.807) is 0 Å². The zero-order chi connectivity index (χ0) is 28.2. The minimum Gasteiger partial charge on any atom is -0.261 e. The van der Waals surface area contributed by atoms with Crippen molar-refractivity contribution in [2.24, 2.45) is 9.98 Å². The third-order valence-electron chi connectivity index (χ3n) is 7.41. The molecule has 0 saturated carbocycles. The van der Waals surface area contributed by atoms with E-state index in [2.05, 4.69) is 109 Å². The molecule has 0 spiro atoms. The Balaban J connectivity index is 1.62. The predicted molar refractivity (Wildman–Crippen MR) is 177 cm³/mol. The van der Waals surface area contributed by atoms with Gasteiger partial charge in [0, 0.05) is 17.1 Å². The first-order chi connectivity index (χ1) is 20.2. The second kappa shape index (κ2) is 11.4. The van der Waals surface area contributed by atoms with Crippen LogP contribution in [-0.4, -0.2) is 17.5 Å². The summed E-state index contributed by atoms with van der Waals surface area (Å²) in [5.41, 5.74) is 9.41. The standard InChI is InChI=1S/C38H29N3/c1-4-27-24-36(34-16-10-9-15-33(34)31(27)5-2)29-21-28(32-17-11-19-37-35(32)18-12-20-40-37)22-30(23-29)38(39-3)41-25-26-13-7-6-8-14-26/h4-24H,1-3,25H2. The predicted octanol–water partition coefficient (Wildman–Crippen LogP) is 9.66. The number of hydrogen-bond donors (Lipinski definition) is 0. The molecule has 1 heterocycles. The van der Waals surface area contributed by atoms with Gasteiger partial charge in [-0.2, -0.15) is 0 Å². The molecule has 0 radical (unpaired) electrons. The van der Waals surface area contributed by atoms with E-state index in [0.717, 1.165) is 66.2 Å². The lowest BCUT2D eigenvalue weighted by molar-refractivity contribution is 1.06. The number of rotatable bonds is 7. The first kappa shape index (κ1) is 25.8. The van der Waals surface area contributed by atoms with Gasteiger partial charge in [0.1, 0.15) is 0 Å². The van der Waals surface area contributed by atoms with Crippen molar-refractivity contribution >= 4 is 46.4 Å². The molecule has 1 aromatic heterocycles. The zero-order valence-electron chi connectivity index (χ0n) is 22.8. The van der Waals surface area contributed by atoms with Crippen LogP contribution in [0.5, 0.6) is 0 Å². The Bertz CT molecular complexity index is 1960. The van der Waals surface area contributed by atoms with Crippen molar-refractivity contribution in [1.29, 1.82) is 0 Å². The van der Waals surface area contributed by atoms with Gasteiger partial charge in [-0.05, 0) is 92.8 Å². The van der Waals surface area contributed by atoms with Gasteiger partial charge in [0.05, 0.1) is 12.1 Å². The van der Waals surface area contributed by atoms with Crippen molar-refractivity contribution in [2.45, 2.75) is 6.54 Å². The van der Waals surface area contributed by atoms with Crippen LogP contribution in [0, 0.1) is 0 Å². The molecule has 0 unspecified atom stereocenters. The van der Waals surface area contributed by atoms with E-state index < -0.39 is 0 Å². The summed E-state index contributed by atoms with van der Waals surface area (Å²) in [6.45, 7) is 12.6. The van der Waals surface area contributed by atoms with Crippen molar-refractivity contribution < 1.29 is 0 Å². The van der Waals surface area contributed by atoms with Gasteiger partial charge in [-0.1, -0.05) is 98.1 Å². The van der Waals surface area contributed by atoms with Crippen LogP contribution in [0.15, 0.2) is 139 Å². The summed E-state index contributed by atoms with van der Waals surface area (Å²) >= 11 is 0. The van der Waals surface area contributed by atoms with Crippen molar-refractivity contribution in [3.05, 3.63) is 151 Å². The van der Waals surface area contributed by atoms with E-state index in [4.69, 9.17) is 4.99 Å². The number of aliphatic imine (C=N–C) groups is 2. The normalized spacial score (nSPS) is 11.5. The lowest BCUT2D eigenvalue weighted by atomic mass is 9.88. The molecule has 0 aliphatic rings. The monoisotopic (exact) mass is 527 g/mol. The first-order valence-electron chi connectivity index (χ1n) is 13.6. The molecule has 0 aliphatic heterocycles. The van der Waals surface area contributed by atoms with Gasteiger partial charge in [0.2, 0.25) is 0 Å². The van der Waals surface area contributed by atoms with Crippen LogP contribution in [0.2, 0.25) is 0 Å². The van der Waals surface area contributed by atoms with Crippen molar-refractivity contribution in [1.82, 2.24) is 4.98 Å². The Labute approximate surface area is 240 Å². The Hall–Kier alpha value is -5.41. The average Bonchev–Trinajstić information content (AvgIpc) is 3.04. The van der Waals surface area contributed by atoms with Crippen LogP contribution in [0.25, 0.3) is 56.1 Å². The Morgan fingerprint density at radius 1 is 0.683 bits per heavy atom. The Kier molecular flexibility index (Phi) is 7.17. The third-order valence-corrected chi connectivity index (χ3v) is 7.41. The molecule has 6 aromatic rings. The minimum absolute atomic E-state index is 0.518. The summed E-state index contributed by atoms with van der Waals surface area (Å²) in [5, 5.41) is 3.37. The molecule has 0 saturated heterocycles. The summed E-state index contributed by atoms with van der Waals surface area (Å²) in [6, 6.07) is 37.7. The van der Waals surface area contributed by atoms with E-state index in [1.165, 1.54) is 0 Å². The lowest BCUT2D eigenvalue weighted by Gasteiger charge is -2.16. The van der Waals surface area contributed by atoms with Gasteiger partial charge in [0.25, 0.3) is 0 Å². The number of benzene rings is 5. The van der Waals surface area contributed by atoms with E-state index in [1.807, 2.05) is 48.7 Å². The van der Waals surface area contributed by atoms with Gasteiger partial charge >= 0.3 is 0 Å². The topological polar surface area (TPSA) is 37.6 Å². The van der Waals surface area contributed by atoms with Gasteiger partial charge in [-0.3, -0.25) is 9.98 Å². The highest BCUT2D eigenvalue weighted by atomic mass is 14.9. The quantitative estimate of drug-likeness (QED) is 0.150.